The number of anilines is 1. The van der Waals surface area contributed by atoms with Crippen molar-refractivity contribution in [1.82, 2.24) is 5.32 Å². The molecule has 2 nitrogen and oxygen atoms in total. The van der Waals surface area contributed by atoms with Crippen molar-refractivity contribution in [2.24, 2.45) is 0 Å². The molecule has 1 aromatic rings. The minimum atomic E-state index is -0.0555. The lowest BCUT2D eigenvalue weighted by Gasteiger charge is -2.31. The summed E-state index contributed by atoms with van der Waals surface area (Å²) in [5, 5.41) is 3.18. The summed E-state index contributed by atoms with van der Waals surface area (Å²) in [5.74, 6) is -0.0555. The second-order valence-corrected chi connectivity index (χ2v) is 4.99. The quantitative estimate of drug-likeness (QED) is 0.864. The highest BCUT2D eigenvalue weighted by atomic mass is 19.1. The third kappa shape index (κ3) is 2.29. The fourth-order valence-corrected chi connectivity index (χ4v) is 2.77. The van der Waals surface area contributed by atoms with Gasteiger partial charge in [0.1, 0.15) is 5.82 Å². The summed E-state index contributed by atoms with van der Waals surface area (Å²) in [6.45, 7) is 5.32. The first-order valence-corrected chi connectivity index (χ1v) is 6.35. The molecule has 1 aliphatic heterocycles. The molecule has 0 aliphatic carbocycles. The molecule has 0 saturated heterocycles. The van der Waals surface area contributed by atoms with Crippen LogP contribution in [0.15, 0.2) is 18.2 Å². The van der Waals surface area contributed by atoms with Crippen molar-refractivity contribution in [1.29, 1.82) is 0 Å². The number of rotatable bonds is 4. The van der Waals surface area contributed by atoms with Crippen molar-refractivity contribution in [3.8, 4) is 0 Å². The lowest BCUT2D eigenvalue weighted by molar-refractivity contribution is 0.520. The molecule has 0 radical (unpaired) electrons. The maximum absolute atomic E-state index is 13.8. The summed E-state index contributed by atoms with van der Waals surface area (Å²) in [6.07, 6.45) is 1.89. The van der Waals surface area contributed by atoms with Gasteiger partial charge in [0, 0.05) is 23.3 Å². The van der Waals surface area contributed by atoms with E-state index in [9.17, 15) is 4.39 Å². The molecular formula is C14H21FN2. The van der Waals surface area contributed by atoms with Crippen LogP contribution in [0, 0.1) is 5.82 Å². The molecule has 1 aliphatic rings. The molecular weight excluding hydrogens is 215 g/mol. The van der Waals surface area contributed by atoms with E-state index in [1.165, 1.54) is 0 Å². The molecule has 0 saturated carbocycles. The molecule has 1 N–H and O–H groups in total. The predicted octanol–water partition coefficient (Wildman–Crippen LogP) is 2.57. The zero-order valence-electron chi connectivity index (χ0n) is 10.8. The van der Waals surface area contributed by atoms with E-state index < -0.39 is 0 Å². The van der Waals surface area contributed by atoms with Gasteiger partial charge in [-0.2, -0.15) is 0 Å². The van der Waals surface area contributed by atoms with Crippen LogP contribution in [0.5, 0.6) is 0 Å². The van der Waals surface area contributed by atoms with Crippen molar-refractivity contribution in [2.75, 3.05) is 18.5 Å². The topological polar surface area (TPSA) is 15.3 Å². The summed E-state index contributed by atoms with van der Waals surface area (Å²) >= 11 is 0. The van der Waals surface area contributed by atoms with E-state index in [0.29, 0.717) is 12.1 Å². The van der Waals surface area contributed by atoms with Crippen molar-refractivity contribution in [3.05, 3.63) is 29.6 Å². The molecule has 1 unspecified atom stereocenters. The van der Waals surface area contributed by atoms with E-state index in [4.69, 9.17) is 0 Å². The van der Waals surface area contributed by atoms with Gasteiger partial charge in [0.15, 0.2) is 0 Å². The Labute approximate surface area is 103 Å². The average Bonchev–Trinajstić information content (AvgIpc) is 2.66. The number of benzene rings is 1. The molecule has 17 heavy (non-hydrogen) atoms. The summed E-state index contributed by atoms with van der Waals surface area (Å²) < 4.78 is 13.8. The van der Waals surface area contributed by atoms with Gasteiger partial charge in [-0.1, -0.05) is 6.07 Å². The Hall–Kier alpha value is -1.09. The Balaban J connectivity index is 2.28. The maximum atomic E-state index is 13.8. The highest BCUT2D eigenvalue weighted by Crippen LogP contribution is 2.36. The first-order chi connectivity index (χ1) is 8.15. The molecule has 94 valence electrons. The van der Waals surface area contributed by atoms with Crippen molar-refractivity contribution in [2.45, 2.75) is 38.8 Å². The predicted molar refractivity (Wildman–Crippen MR) is 70.1 cm³/mol. The van der Waals surface area contributed by atoms with Crippen LogP contribution < -0.4 is 10.2 Å². The molecule has 0 amide bonds. The van der Waals surface area contributed by atoms with E-state index in [-0.39, 0.29) is 5.82 Å². The van der Waals surface area contributed by atoms with Gasteiger partial charge >= 0.3 is 0 Å². The smallest absolute Gasteiger partial charge is 0.128 e. The number of fused-ring (bicyclic) bond motifs is 1. The second kappa shape index (κ2) is 5.05. The third-order valence-electron chi connectivity index (χ3n) is 3.49. The number of nitrogens with zero attached hydrogens (tertiary/aromatic N) is 1. The largest absolute Gasteiger partial charge is 0.365 e. The maximum Gasteiger partial charge on any atom is 0.128 e. The zero-order chi connectivity index (χ0) is 12.4. The Morgan fingerprint density at radius 1 is 1.47 bits per heavy atom. The minimum Gasteiger partial charge on any atom is -0.365 e. The van der Waals surface area contributed by atoms with E-state index in [0.717, 1.165) is 30.6 Å². The molecule has 1 heterocycles. The first-order valence-electron chi connectivity index (χ1n) is 6.35. The summed E-state index contributed by atoms with van der Waals surface area (Å²) in [4.78, 5) is 2.36. The fraction of sp³-hybridized carbons (Fsp3) is 0.571. The van der Waals surface area contributed by atoms with Crippen molar-refractivity contribution >= 4 is 5.69 Å². The molecule has 3 heteroatoms. The van der Waals surface area contributed by atoms with Gasteiger partial charge in [-0.15, -0.1) is 0 Å². The summed E-state index contributed by atoms with van der Waals surface area (Å²) in [7, 11) is 1.96. The van der Waals surface area contributed by atoms with Gasteiger partial charge in [0.05, 0.1) is 0 Å². The van der Waals surface area contributed by atoms with E-state index in [1.54, 1.807) is 6.07 Å². The number of hydrogen-bond donors (Lipinski definition) is 1. The first kappa shape index (κ1) is 12.4. The minimum absolute atomic E-state index is 0.0555. The molecule has 0 bridgehead atoms. The van der Waals surface area contributed by atoms with Crippen LogP contribution in [0.1, 0.15) is 25.8 Å². The van der Waals surface area contributed by atoms with Crippen LogP contribution in [-0.4, -0.2) is 25.7 Å². The van der Waals surface area contributed by atoms with Gasteiger partial charge in [-0.3, -0.25) is 0 Å². The Morgan fingerprint density at radius 2 is 2.24 bits per heavy atom. The average molecular weight is 236 g/mol. The summed E-state index contributed by atoms with van der Waals surface area (Å²) in [5.41, 5.74) is 1.98. The van der Waals surface area contributed by atoms with Crippen molar-refractivity contribution < 1.29 is 4.39 Å². The molecule has 0 aromatic heterocycles. The monoisotopic (exact) mass is 236 g/mol. The number of hydrogen-bond acceptors (Lipinski definition) is 2. The Bertz CT molecular complexity index is 390. The van der Waals surface area contributed by atoms with Gasteiger partial charge in [0.25, 0.3) is 0 Å². The van der Waals surface area contributed by atoms with Crippen LogP contribution in [0.2, 0.25) is 0 Å². The molecule has 1 atom stereocenters. The molecule has 2 rings (SSSR count). The SMILES string of the molecule is CNCCC1Cc2c(F)cccc2N1C(C)C. The second-order valence-electron chi connectivity index (χ2n) is 4.99. The zero-order valence-corrected chi connectivity index (χ0v) is 10.8. The third-order valence-corrected chi connectivity index (χ3v) is 3.49. The number of nitrogens with one attached hydrogen (secondary N) is 1. The fourth-order valence-electron chi connectivity index (χ4n) is 2.77. The van der Waals surface area contributed by atoms with E-state index >= 15 is 0 Å². The molecule has 0 spiro atoms. The number of halogens is 1. The van der Waals surface area contributed by atoms with Gasteiger partial charge in [-0.25, -0.2) is 4.39 Å². The van der Waals surface area contributed by atoms with Crippen LogP contribution in [0.25, 0.3) is 0 Å². The molecule has 0 fully saturated rings. The lowest BCUT2D eigenvalue weighted by atomic mass is 10.1. The van der Waals surface area contributed by atoms with E-state index in [1.807, 2.05) is 19.2 Å². The Kier molecular flexibility index (Phi) is 3.67. The van der Waals surface area contributed by atoms with Crippen LogP contribution in [0.3, 0.4) is 0 Å². The van der Waals surface area contributed by atoms with Gasteiger partial charge in [-0.05, 0) is 52.4 Å². The highest BCUT2D eigenvalue weighted by Gasteiger charge is 2.32. The van der Waals surface area contributed by atoms with Gasteiger partial charge < -0.3 is 10.2 Å². The van der Waals surface area contributed by atoms with E-state index in [2.05, 4.69) is 24.1 Å². The van der Waals surface area contributed by atoms with Gasteiger partial charge in [0.2, 0.25) is 0 Å². The summed E-state index contributed by atoms with van der Waals surface area (Å²) in [6, 6.07) is 6.26. The van der Waals surface area contributed by atoms with Crippen LogP contribution >= 0.6 is 0 Å². The Morgan fingerprint density at radius 3 is 2.88 bits per heavy atom. The van der Waals surface area contributed by atoms with Crippen molar-refractivity contribution in [3.63, 3.8) is 0 Å². The molecule has 1 aromatic carbocycles. The lowest BCUT2D eigenvalue weighted by Crippen LogP contribution is -2.39. The normalized spacial score (nSPS) is 18.9. The van der Waals surface area contributed by atoms with Crippen LogP contribution in [-0.2, 0) is 6.42 Å². The van der Waals surface area contributed by atoms with Crippen LogP contribution in [0.4, 0.5) is 10.1 Å². The highest BCUT2D eigenvalue weighted by molar-refractivity contribution is 5.60. The standard InChI is InChI=1S/C14H21FN2/c1-10(2)17-11(7-8-16-3)9-12-13(15)5-4-6-14(12)17/h4-6,10-11,16H,7-9H2,1-3H3.